The summed E-state index contributed by atoms with van der Waals surface area (Å²) in [6.07, 6.45) is 2.33. The average molecular weight is 233 g/mol. The van der Waals surface area contributed by atoms with E-state index in [4.69, 9.17) is 0 Å². The minimum absolute atomic E-state index is 0.415. The van der Waals surface area contributed by atoms with Crippen molar-refractivity contribution in [3.63, 3.8) is 0 Å². The van der Waals surface area contributed by atoms with Gasteiger partial charge in [-0.15, -0.1) is 0 Å². The van der Waals surface area contributed by atoms with Gasteiger partial charge in [0.15, 0.2) is 0 Å². The minimum atomic E-state index is 0.415. The van der Waals surface area contributed by atoms with Crippen molar-refractivity contribution >= 4 is 0 Å². The molecule has 0 heterocycles. The molecule has 0 saturated heterocycles. The van der Waals surface area contributed by atoms with Gasteiger partial charge < -0.3 is 5.32 Å². The highest BCUT2D eigenvalue weighted by atomic mass is 14.9. The summed E-state index contributed by atoms with van der Waals surface area (Å²) < 4.78 is 0. The molecular formula is C16H27N. The average Bonchev–Trinajstić information content (AvgIpc) is 2.27. The van der Waals surface area contributed by atoms with Gasteiger partial charge in [-0.05, 0) is 42.9 Å². The monoisotopic (exact) mass is 233 g/mol. The van der Waals surface area contributed by atoms with Gasteiger partial charge in [-0.3, -0.25) is 0 Å². The molecular weight excluding hydrogens is 206 g/mol. The molecule has 1 aromatic rings. The molecule has 0 aromatic heterocycles. The quantitative estimate of drug-likeness (QED) is 0.798. The number of nitrogens with one attached hydrogen (secondary N) is 1. The van der Waals surface area contributed by atoms with E-state index in [0.29, 0.717) is 11.5 Å². The smallest absolute Gasteiger partial charge is 0.0291 e. The standard InChI is InChI=1S/C16H27N/c1-6-14-7-9-15(10-8-14)13(2)17-12-11-16(3,4)5/h7-10,13,17H,6,11-12H2,1-5H3. The first-order valence-electron chi connectivity index (χ1n) is 6.74. The molecule has 0 aliphatic rings. The van der Waals surface area contributed by atoms with Crippen LogP contribution in [0.3, 0.4) is 0 Å². The van der Waals surface area contributed by atoms with Crippen LogP contribution in [0.2, 0.25) is 0 Å². The molecule has 1 heteroatoms. The SMILES string of the molecule is CCc1ccc(C(C)NCCC(C)(C)C)cc1. The minimum Gasteiger partial charge on any atom is -0.310 e. The van der Waals surface area contributed by atoms with E-state index in [1.165, 1.54) is 17.5 Å². The fraction of sp³-hybridized carbons (Fsp3) is 0.625. The van der Waals surface area contributed by atoms with Crippen LogP contribution < -0.4 is 5.32 Å². The van der Waals surface area contributed by atoms with Gasteiger partial charge in [0.25, 0.3) is 0 Å². The van der Waals surface area contributed by atoms with Crippen LogP contribution in [0.15, 0.2) is 24.3 Å². The van der Waals surface area contributed by atoms with Crippen LogP contribution in [0.25, 0.3) is 0 Å². The Morgan fingerprint density at radius 1 is 1.12 bits per heavy atom. The van der Waals surface area contributed by atoms with Gasteiger partial charge in [0.2, 0.25) is 0 Å². The molecule has 0 spiro atoms. The maximum atomic E-state index is 3.59. The molecule has 0 saturated carbocycles. The summed E-state index contributed by atoms with van der Waals surface area (Å²) in [7, 11) is 0. The predicted octanol–water partition coefficient (Wildman–Crippen LogP) is 4.34. The second-order valence-corrected chi connectivity index (χ2v) is 6.08. The Kier molecular flexibility index (Phi) is 5.20. The van der Waals surface area contributed by atoms with Crippen LogP contribution in [0, 0.1) is 5.41 Å². The second kappa shape index (κ2) is 6.20. The van der Waals surface area contributed by atoms with Gasteiger partial charge in [0, 0.05) is 6.04 Å². The molecule has 0 bridgehead atoms. The van der Waals surface area contributed by atoms with Crippen molar-refractivity contribution < 1.29 is 0 Å². The lowest BCUT2D eigenvalue weighted by Crippen LogP contribution is -2.23. The van der Waals surface area contributed by atoms with Gasteiger partial charge in [-0.25, -0.2) is 0 Å². The molecule has 0 aliphatic carbocycles. The summed E-state index contributed by atoms with van der Waals surface area (Å²) in [6, 6.07) is 9.40. The first kappa shape index (κ1) is 14.2. The first-order valence-corrected chi connectivity index (χ1v) is 6.74. The van der Waals surface area contributed by atoms with E-state index in [2.05, 4.69) is 64.2 Å². The fourth-order valence-electron chi connectivity index (χ4n) is 1.82. The first-order chi connectivity index (χ1) is 7.92. The normalized spacial score (nSPS) is 13.7. The molecule has 0 aliphatic heterocycles. The molecule has 1 N–H and O–H groups in total. The van der Waals surface area contributed by atoms with Crippen molar-refractivity contribution in [1.82, 2.24) is 5.32 Å². The van der Waals surface area contributed by atoms with Crippen LogP contribution in [-0.2, 0) is 6.42 Å². The van der Waals surface area contributed by atoms with E-state index in [9.17, 15) is 0 Å². The predicted molar refractivity (Wildman–Crippen MR) is 76.3 cm³/mol. The third-order valence-corrected chi connectivity index (χ3v) is 3.21. The molecule has 1 nitrogen and oxygen atoms in total. The molecule has 1 atom stereocenters. The molecule has 0 radical (unpaired) electrons. The Morgan fingerprint density at radius 3 is 2.18 bits per heavy atom. The topological polar surface area (TPSA) is 12.0 Å². The fourth-order valence-corrected chi connectivity index (χ4v) is 1.82. The van der Waals surface area contributed by atoms with E-state index in [0.717, 1.165) is 13.0 Å². The zero-order valence-corrected chi connectivity index (χ0v) is 12.0. The lowest BCUT2D eigenvalue weighted by atomic mass is 9.92. The third-order valence-electron chi connectivity index (χ3n) is 3.21. The Labute approximate surface area is 107 Å². The Balaban J connectivity index is 2.43. The summed E-state index contributed by atoms with van der Waals surface area (Å²) in [4.78, 5) is 0. The van der Waals surface area contributed by atoms with Gasteiger partial charge in [0.1, 0.15) is 0 Å². The van der Waals surface area contributed by atoms with Crippen molar-refractivity contribution in [2.24, 2.45) is 5.41 Å². The largest absolute Gasteiger partial charge is 0.310 e. The number of aryl methyl sites for hydroxylation is 1. The molecule has 1 rings (SSSR count). The highest BCUT2D eigenvalue weighted by molar-refractivity contribution is 5.24. The van der Waals surface area contributed by atoms with Crippen molar-refractivity contribution in [2.45, 2.75) is 53.5 Å². The van der Waals surface area contributed by atoms with Gasteiger partial charge in [-0.2, -0.15) is 0 Å². The Hall–Kier alpha value is -0.820. The molecule has 1 unspecified atom stereocenters. The molecule has 1 aromatic carbocycles. The van der Waals surface area contributed by atoms with Gasteiger partial charge in [0.05, 0.1) is 0 Å². The number of hydrogen-bond donors (Lipinski definition) is 1. The van der Waals surface area contributed by atoms with Gasteiger partial charge >= 0.3 is 0 Å². The van der Waals surface area contributed by atoms with E-state index >= 15 is 0 Å². The zero-order valence-electron chi connectivity index (χ0n) is 12.0. The van der Waals surface area contributed by atoms with Crippen LogP contribution in [0.5, 0.6) is 0 Å². The second-order valence-electron chi connectivity index (χ2n) is 6.08. The maximum absolute atomic E-state index is 3.59. The van der Waals surface area contributed by atoms with Crippen molar-refractivity contribution in [1.29, 1.82) is 0 Å². The van der Waals surface area contributed by atoms with E-state index < -0.39 is 0 Å². The number of rotatable bonds is 5. The highest BCUT2D eigenvalue weighted by Crippen LogP contribution is 2.19. The number of hydrogen-bond acceptors (Lipinski definition) is 1. The summed E-state index contributed by atoms with van der Waals surface area (Å²) in [5.41, 5.74) is 3.21. The van der Waals surface area contributed by atoms with Gasteiger partial charge in [-0.1, -0.05) is 52.0 Å². The van der Waals surface area contributed by atoms with E-state index in [1.54, 1.807) is 0 Å². The zero-order chi connectivity index (χ0) is 12.9. The Bertz CT molecular complexity index is 318. The molecule has 96 valence electrons. The van der Waals surface area contributed by atoms with Crippen LogP contribution >= 0.6 is 0 Å². The van der Waals surface area contributed by atoms with E-state index in [-0.39, 0.29) is 0 Å². The Morgan fingerprint density at radius 2 is 1.71 bits per heavy atom. The maximum Gasteiger partial charge on any atom is 0.0291 e. The van der Waals surface area contributed by atoms with Crippen molar-refractivity contribution in [3.05, 3.63) is 35.4 Å². The van der Waals surface area contributed by atoms with Crippen molar-refractivity contribution in [3.8, 4) is 0 Å². The summed E-state index contributed by atoms with van der Waals surface area (Å²) >= 11 is 0. The van der Waals surface area contributed by atoms with Crippen LogP contribution in [0.1, 0.15) is 58.2 Å². The van der Waals surface area contributed by atoms with Crippen molar-refractivity contribution in [2.75, 3.05) is 6.54 Å². The summed E-state index contributed by atoms with van der Waals surface area (Å²) in [5.74, 6) is 0. The number of benzene rings is 1. The summed E-state index contributed by atoms with van der Waals surface area (Å²) in [6.45, 7) is 12.4. The molecule has 17 heavy (non-hydrogen) atoms. The third kappa shape index (κ3) is 5.36. The molecule has 0 amide bonds. The van der Waals surface area contributed by atoms with E-state index in [1.807, 2.05) is 0 Å². The summed E-state index contributed by atoms with van der Waals surface area (Å²) in [5, 5.41) is 3.59. The lowest BCUT2D eigenvalue weighted by molar-refractivity contribution is 0.358. The lowest BCUT2D eigenvalue weighted by Gasteiger charge is -2.21. The highest BCUT2D eigenvalue weighted by Gasteiger charge is 2.10. The van der Waals surface area contributed by atoms with Crippen LogP contribution in [0.4, 0.5) is 0 Å². The molecule has 0 fully saturated rings. The van der Waals surface area contributed by atoms with Crippen LogP contribution in [-0.4, -0.2) is 6.54 Å².